The van der Waals surface area contributed by atoms with Gasteiger partial charge in [0, 0.05) is 5.56 Å². The molecule has 3 rings (SSSR count). The van der Waals surface area contributed by atoms with Gasteiger partial charge in [-0.2, -0.15) is 0 Å². The van der Waals surface area contributed by atoms with Crippen LogP contribution in [0, 0.1) is 0 Å². The summed E-state index contributed by atoms with van der Waals surface area (Å²) in [7, 11) is 1.68. The van der Waals surface area contributed by atoms with Crippen molar-refractivity contribution in [1.29, 1.82) is 0 Å². The van der Waals surface area contributed by atoms with Crippen LogP contribution in [-0.2, 0) is 13.0 Å². The summed E-state index contributed by atoms with van der Waals surface area (Å²) in [5.74, 6) is 1.86. The van der Waals surface area contributed by atoms with Crippen molar-refractivity contribution in [3.63, 3.8) is 0 Å². The number of allylic oxidation sites excluding steroid dienone is 1. The van der Waals surface area contributed by atoms with Gasteiger partial charge in [0.25, 0.3) is 0 Å². The molecule has 20 heavy (non-hydrogen) atoms. The fourth-order valence-corrected chi connectivity index (χ4v) is 2.50. The Hall–Kier alpha value is -2.22. The van der Waals surface area contributed by atoms with Crippen molar-refractivity contribution in [1.82, 2.24) is 0 Å². The maximum Gasteiger partial charge on any atom is 0.123 e. The summed E-state index contributed by atoms with van der Waals surface area (Å²) < 4.78 is 11.2. The van der Waals surface area contributed by atoms with Gasteiger partial charge >= 0.3 is 0 Å². The molecule has 0 saturated carbocycles. The van der Waals surface area contributed by atoms with E-state index in [0.29, 0.717) is 6.61 Å². The maximum atomic E-state index is 6.00. The van der Waals surface area contributed by atoms with E-state index in [9.17, 15) is 0 Å². The average Bonchev–Trinajstić information content (AvgIpc) is 2.53. The second kappa shape index (κ2) is 5.83. The Bertz CT molecular complexity index is 629. The molecular formula is C18H18O2. The van der Waals surface area contributed by atoms with Crippen LogP contribution in [0.1, 0.15) is 23.1 Å². The van der Waals surface area contributed by atoms with Crippen molar-refractivity contribution in [3.05, 3.63) is 65.2 Å². The van der Waals surface area contributed by atoms with Crippen LogP contribution >= 0.6 is 0 Å². The molecule has 0 saturated heterocycles. The van der Waals surface area contributed by atoms with Crippen molar-refractivity contribution in [2.45, 2.75) is 19.4 Å². The topological polar surface area (TPSA) is 18.5 Å². The molecule has 102 valence electrons. The largest absolute Gasteiger partial charge is 0.497 e. The first-order chi connectivity index (χ1) is 9.86. The number of hydrogen-bond acceptors (Lipinski definition) is 2. The molecule has 0 spiro atoms. The van der Waals surface area contributed by atoms with E-state index >= 15 is 0 Å². The van der Waals surface area contributed by atoms with E-state index in [-0.39, 0.29) is 0 Å². The fraction of sp³-hybridized carbons (Fsp3) is 0.222. The highest BCUT2D eigenvalue weighted by Crippen LogP contribution is 2.29. The molecule has 0 unspecified atom stereocenters. The monoisotopic (exact) mass is 266 g/mol. The van der Waals surface area contributed by atoms with Gasteiger partial charge in [-0.25, -0.2) is 0 Å². The van der Waals surface area contributed by atoms with Gasteiger partial charge in [0.1, 0.15) is 18.1 Å². The zero-order chi connectivity index (χ0) is 13.8. The van der Waals surface area contributed by atoms with Crippen molar-refractivity contribution >= 4 is 6.08 Å². The summed E-state index contributed by atoms with van der Waals surface area (Å²) in [5, 5.41) is 0. The molecule has 0 aromatic heterocycles. The Labute approximate surface area is 119 Å². The van der Waals surface area contributed by atoms with Gasteiger partial charge in [-0.15, -0.1) is 0 Å². The van der Waals surface area contributed by atoms with Crippen LogP contribution < -0.4 is 9.47 Å². The van der Waals surface area contributed by atoms with Gasteiger partial charge in [-0.1, -0.05) is 36.4 Å². The molecule has 0 radical (unpaired) electrons. The van der Waals surface area contributed by atoms with E-state index in [0.717, 1.165) is 29.9 Å². The van der Waals surface area contributed by atoms with E-state index in [2.05, 4.69) is 36.4 Å². The number of methoxy groups -OCH3 is 1. The summed E-state index contributed by atoms with van der Waals surface area (Å²) in [6, 6.07) is 14.2. The minimum Gasteiger partial charge on any atom is -0.497 e. The average molecular weight is 266 g/mol. The summed E-state index contributed by atoms with van der Waals surface area (Å²) >= 11 is 0. The van der Waals surface area contributed by atoms with Gasteiger partial charge < -0.3 is 9.47 Å². The lowest BCUT2D eigenvalue weighted by Gasteiger charge is -2.16. The van der Waals surface area contributed by atoms with Crippen LogP contribution in [-0.4, -0.2) is 7.11 Å². The molecule has 2 nitrogen and oxygen atoms in total. The number of ether oxygens (including phenoxy) is 2. The third kappa shape index (κ3) is 2.69. The summed E-state index contributed by atoms with van der Waals surface area (Å²) in [6.45, 7) is 0.567. The second-order valence-corrected chi connectivity index (χ2v) is 4.91. The first-order valence-electron chi connectivity index (χ1n) is 6.91. The first-order valence-corrected chi connectivity index (χ1v) is 6.91. The number of rotatable bonds is 4. The van der Waals surface area contributed by atoms with E-state index in [4.69, 9.17) is 9.47 Å². The fourth-order valence-electron chi connectivity index (χ4n) is 2.50. The number of benzene rings is 2. The van der Waals surface area contributed by atoms with E-state index in [1.54, 1.807) is 7.11 Å². The molecule has 2 aromatic carbocycles. The molecule has 0 aliphatic heterocycles. The summed E-state index contributed by atoms with van der Waals surface area (Å²) in [4.78, 5) is 0. The maximum absolute atomic E-state index is 6.00. The number of fused-ring (bicyclic) bond motifs is 1. The molecular weight excluding hydrogens is 248 g/mol. The Morgan fingerprint density at radius 3 is 2.90 bits per heavy atom. The molecule has 0 heterocycles. The lowest BCUT2D eigenvalue weighted by Crippen LogP contribution is -2.02. The van der Waals surface area contributed by atoms with Gasteiger partial charge in [-0.3, -0.25) is 0 Å². The minimum atomic E-state index is 0.567. The lowest BCUT2D eigenvalue weighted by atomic mass is 9.96. The summed E-state index contributed by atoms with van der Waals surface area (Å²) in [6.07, 6.45) is 6.54. The molecule has 0 N–H and O–H groups in total. The van der Waals surface area contributed by atoms with E-state index in [1.807, 2.05) is 18.2 Å². The normalized spacial score (nSPS) is 12.8. The Morgan fingerprint density at radius 1 is 1.10 bits per heavy atom. The highest BCUT2D eigenvalue weighted by Gasteiger charge is 2.10. The molecule has 0 bridgehead atoms. The SMILES string of the molecule is COc1cccc(COc2cccc3c2CCC=C3)c1. The Balaban J connectivity index is 1.77. The van der Waals surface area contributed by atoms with Crippen molar-refractivity contribution in [2.24, 2.45) is 0 Å². The zero-order valence-electron chi connectivity index (χ0n) is 11.6. The van der Waals surface area contributed by atoms with Crippen LogP contribution in [0.15, 0.2) is 48.5 Å². The van der Waals surface area contributed by atoms with Crippen LogP contribution in [0.25, 0.3) is 6.08 Å². The van der Waals surface area contributed by atoms with Crippen LogP contribution in [0.5, 0.6) is 11.5 Å². The third-order valence-corrected chi connectivity index (χ3v) is 3.56. The minimum absolute atomic E-state index is 0.567. The van der Waals surface area contributed by atoms with Crippen molar-refractivity contribution in [2.75, 3.05) is 7.11 Å². The highest BCUT2D eigenvalue weighted by atomic mass is 16.5. The molecule has 0 atom stereocenters. The smallest absolute Gasteiger partial charge is 0.123 e. The predicted octanol–water partition coefficient (Wildman–Crippen LogP) is 4.23. The predicted molar refractivity (Wildman–Crippen MR) is 81.1 cm³/mol. The molecule has 1 aliphatic rings. The zero-order valence-corrected chi connectivity index (χ0v) is 11.6. The molecule has 1 aliphatic carbocycles. The quantitative estimate of drug-likeness (QED) is 0.824. The second-order valence-electron chi connectivity index (χ2n) is 4.91. The van der Waals surface area contributed by atoms with Crippen molar-refractivity contribution in [3.8, 4) is 11.5 Å². The Morgan fingerprint density at radius 2 is 2.00 bits per heavy atom. The molecule has 2 heteroatoms. The summed E-state index contributed by atoms with van der Waals surface area (Å²) in [5.41, 5.74) is 3.71. The van der Waals surface area contributed by atoms with Crippen LogP contribution in [0.2, 0.25) is 0 Å². The molecule has 0 fully saturated rings. The first kappa shape index (κ1) is 12.8. The number of hydrogen-bond donors (Lipinski definition) is 0. The van der Waals surface area contributed by atoms with Gasteiger partial charge in [-0.05, 0) is 42.2 Å². The standard InChI is InChI=1S/C18H18O2/c1-19-16-9-4-6-14(12-16)13-20-18-11-5-8-15-7-2-3-10-17(15)18/h2,4-9,11-12H,3,10,13H2,1H3. The van der Waals surface area contributed by atoms with Crippen LogP contribution in [0.3, 0.4) is 0 Å². The van der Waals surface area contributed by atoms with Gasteiger partial charge in [0.2, 0.25) is 0 Å². The van der Waals surface area contributed by atoms with Gasteiger partial charge in [0.15, 0.2) is 0 Å². The van der Waals surface area contributed by atoms with Crippen molar-refractivity contribution < 1.29 is 9.47 Å². The molecule has 2 aromatic rings. The Kier molecular flexibility index (Phi) is 3.73. The van der Waals surface area contributed by atoms with E-state index < -0.39 is 0 Å². The van der Waals surface area contributed by atoms with E-state index in [1.165, 1.54) is 11.1 Å². The third-order valence-electron chi connectivity index (χ3n) is 3.56. The van der Waals surface area contributed by atoms with Gasteiger partial charge in [0.05, 0.1) is 7.11 Å². The lowest BCUT2D eigenvalue weighted by molar-refractivity contribution is 0.302. The van der Waals surface area contributed by atoms with Crippen LogP contribution in [0.4, 0.5) is 0 Å². The highest BCUT2D eigenvalue weighted by molar-refractivity contribution is 5.60. The molecule has 0 amide bonds.